The maximum atomic E-state index is 12.7. The molecule has 0 atom stereocenters. The van der Waals surface area contributed by atoms with Crippen molar-refractivity contribution in [2.75, 3.05) is 18.0 Å². The minimum absolute atomic E-state index is 0.0350. The Morgan fingerprint density at radius 2 is 1.79 bits per heavy atom. The normalized spacial score (nSPS) is 14.4. The van der Waals surface area contributed by atoms with Gasteiger partial charge >= 0.3 is 5.69 Å². The van der Waals surface area contributed by atoms with E-state index in [1.54, 1.807) is 24.6 Å². The van der Waals surface area contributed by atoms with E-state index in [1.165, 1.54) is 12.4 Å². The number of nitro groups is 1. The lowest BCUT2D eigenvalue weighted by Crippen LogP contribution is -2.45. The van der Waals surface area contributed by atoms with Gasteiger partial charge in [-0.15, -0.1) is 0 Å². The van der Waals surface area contributed by atoms with Crippen molar-refractivity contribution in [1.29, 1.82) is 0 Å². The second-order valence-electron chi connectivity index (χ2n) is 7.80. The molecule has 10 nitrogen and oxygen atoms in total. The van der Waals surface area contributed by atoms with Crippen LogP contribution < -0.4 is 10.2 Å². The molecule has 4 heterocycles. The molecule has 33 heavy (non-hydrogen) atoms. The summed E-state index contributed by atoms with van der Waals surface area (Å²) in [5, 5.41) is 14.8. The molecule has 0 aliphatic carbocycles. The largest absolute Gasteiger partial charge is 0.464 e. The molecule has 1 aliphatic rings. The molecule has 1 saturated heterocycles. The Kier molecular flexibility index (Phi) is 5.39. The van der Waals surface area contributed by atoms with E-state index < -0.39 is 4.92 Å². The van der Waals surface area contributed by atoms with Crippen molar-refractivity contribution >= 4 is 28.5 Å². The molecule has 0 unspecified atom stereocenters. The highest BCUT2D eigenvalue weighted by Gasteiger charge is 2.23. The molecule has 10 heteroatoms. The van der Waals surface area contributed by atoms with Gasteiger partial charge in [-0.25, -0.2) is 9.97 Å². The molecule has 0 saturated carbocycles. The lowest BCUT2D eigenvalue weighted by atomic mass is 10.0. The van der Waals surface area contributed by atoms with Gasteiger partial charge in [-0.3, -0.25) is 19.9 Å². The van der Waals surface area contributed by atoms with Crippen LogP contribution in [-0.4, -0.2) is 44.9 Å². The van der Waals surface area contributed by atoms with Gasteiger partial charge in [0, 0.05) is 41.8 Å². The van der Waals surface area contributed by atoms with Gasteiger partial charge in [0.2, 0.25) is 5.95 Å². The van der Waals surface area contributed by atoms with E-state index in [9.17, 15) is 14.9 Å². The first-order valence-corrected chi connectivity index (χ1v) is 10.5. The smallest absolute Gasteiger partial charge is 0.305 e. The van der Waals surface area contributed by atoms with E-state index in [-0.39, 0.29) is 17.6 Å². The first-order chi connectivity index (χ1) is 16.1. The minimum Gasteiger partial charge on any atom is -0.464 e. The maximum Gasteiger partial charge on any atom is 0.305 e. The quantitative estimate of drug-likeness (QED) is 0.365. The zero-order chi connectivity index (χ0) is 22.8. The third kappa shape index (κ3) is 4.22. The zero-order valence-corrected chi connectivity index (χ0v) is 17.5. The summed E-state index contributed by atoms with van der Waals surface area (Å²) in [4.78, 5) is 37.5. The van der Waals surface area contributed by atoms with Crippen LogP contribution in [0.15, 0.2) is 65.7 Å². The fourth-order valence-corrected chi connectivity index (χ4v) is 3.97. The van der Waals surface area contributed by atoms with Gasteiger partial charge in [-0.2, -0.15) is 0 Å². The van der Waals surface area contributed by atoms with Crippen LogP contribution in [-0.2, 0) is 0 Å². The standard InChI is InChI=1S/C23H20N6O4/c30-22(16-3-1-15(2-4-16)21-19-8-12-33-20(19)5-9-24-21)27-17-6-10-28(11-7-17)23-25-13-18(14-26-23)29(31)32/h1-5,8-9,12-14,17H,6-7,10-11H2,(H,27,30). The van der Waals surface area contributed by atoms with Crippen LogP contribution in [0, 0.1) is 10.1 Å². The van der Waals surface area contributed by atoms with Gasteiger partial charge in [-0.1, -0.05) is 12.1 Å². The zero-order valence-electron chi connectivity index (χ0n) is 17.5. The molecular formula is C23H20N6O4. The van der Waals surface area contributed by atoms with Crippen molar-refractivity contribution in [1.82, 2.24) is 20.3 Å². The number of nitrogens with zero attached hydrogens (tertiary/aromatic N) is 5. The number of amides is 1. The lowest BCUT2D eigenvalue weighted by molar-refractivity contribution is -0.385. The van der Waals surface area contributed by atoms with E-state index in [2.05, 4.69) is 20.3 Å². The SMILES string of the molecule is O=C(NC1CCN(c2ncc([N+](=O)[O-])cn2)CC1)c1ccc(-c2nccc3occc23)cc1. The van der Waals surface area contributed by atoms with Gasteiger partial charge in [0.1, 0.15) is 18.0 Å². The predicted molar refractivity (Wildman–Crippen MR) is 121 cm³/mol. The maximum absolute atomic E-state index is 12.7. The topological polar surface area (TPSA) is 127 Å². The molecular weight excluding hydrogens is 424 g/mol. The van der Waals surface area contributed by atoms with Crippen molar-refractivity contribution in [2.24, 2.45) is 0 Å². The number of fused-ring (bicyclic) bond motifs is 1. The average Bonchev–Trinajstić information content (AvgIpc) is 3.34. The van der Waals surface area contributed by atoms with Crippen LogP contribution in [0.3, 0.4) is 0 Å². The molecule has 3 aromatic heterocycles. The van der Waals surface area contributed by atoms with Crippen LogP contribution in [0.25, 0.3) is 22.2 Å². The third-order valence-electron chi connectivity index (χ3n) is 5.75. The summed E-state index contributed by atoms with van der Waals surface area (Å²) in [6.07, 6.45) is 7.23. The molecule has 4 aromatic rings. The Balaban J connectivity index is 1.19. The summed E-state index contributed by atoms with van der Waals surface area (Å²) in [5.74, 6) is 0.336. The summed E-state index contributed by atoms with van der Waals surface area (Å²) in [5.41, 5.74) is 2.94. The Morgan fingerprint density at radius 3 is 2.48 bits per heavy atom. The van der Waals surface area contributed by atoms with Gasteiger partial charge in [0.15, 0.2) is 0 Å². The average molecular weight is 444 g/mol. The highest BCUT2D eigenvalue weighted by atomic mass is 16.6. The number of rotatable bonds is 5. The summed E-state index contributed by atoms with van der Waals surface area (Å²) < 4.78 is 5.43. The molecule has 1 fully saturated rings. The second-order valence-corrected chi connectivity index (χ2v) is 7.80. The van der Waals surface area contributed by atoms with Crippen molar-refractivity contribution in [3.05, 3.63) is 76.9 Å². The number of piperidine rings is 1. The fraction of sp³-hybridized carbons (Fsp3) is 0.217. The molecule has 1 aromatic carbocycles. The molecule has 1 amide bonds. The predicted octanol–water partition coefficient (Wildman–Crippen LogP) is 3.59. The molecule has 5 rings (SSSR count). The van der Waals surface area contributed by atoms with Crippen LogP contribution in [0.4, 0.5) is 11.6 Å². The van der Waals surface area contributed by atoms with E-state index in [4.69, 9.17) is 4.42 Å². The number of carbonyl (C=O) groups is 1. The van der Waals surface area contributed by atoms with Crippen molar-refractivity contribution in [3.63, 3.8) is 0 Å². The third-order valence-corrected chi connectivity index (χ3v) is 5.75. The fourth-order valence-electron chi connectivity index (χ4n) is 3.97. The number of furan rings is 1. The second kappa shape index (κ2) is 8.65. The van der Waals surface area contributed by atoms with Crippen molar-refractivity contribution < 1.29 is 14.1 Å². The van der Waals surface area contributed by atoms with Gasteiger partial charge in [0.05, 0.1) is 16.9 Å². The Bertz CT molecular complexity index is 1290. The van der Waals surface area contributed by atoms with E-state index in [1.807, 2.05) is 29.2 Å². The summed E-state index contributed by atoms with van der Waals surface area (Å²) in [6.45, 7) is 1.31. The monoisotopic (exact) mass is 444 g/mol. The number of carbonyl (C=O) groups excluding carboxylic acids is 1. The molecule has 1 N–H and O–H groups in total. The molecule has 0 spiro atoms. The Labute approximate surface area is 188 Å². The van der Waals surface area contributed by atoms with Gasteiger partial charge < -0.3 is 14.6 Å². The van der Waals surface area contributed by atoms with E-state index in [0.29, 0.717) is 24.6 Å². The number of pyridine rings is 1. The minimum atomic E-state index is -0.521. The molecule has 0 radical (unpaired) electrons. The first-order valence-electron chi connectivity index (χ1n) is 10.5. The number of benzene rings is 1. The molecule has 166 valence electrons. The number of hydrogen-bond acceptors (Lipinski definition) is 8. The lowest BCUT2D eigenvalue weighted by Gasteiger charge is -2.32. The summed E-state index contributed by atoms with van der Waals surface area (Å²) >= 11 is 0. The molecule has 0 bridgehead atoms. The van der Waals surface area contributed by atoms with E-state index >= 15 is 0 Å². The Hall–Kier alpha value is -4.34. The first kappa shape index (κ1) is 20.6. The Morgan fingerprint density at radius 1 is 1.06 bits per heavy atom. The van der Waals surface area contributed by atoms with Crippen molar-refractivity contribution in [3.8, 4) is 11.3 Å². The van der Waals surface area contributed by atoms with Crippen LogP contribution in [0.1, 0.15) is 23.2 Å². The summed E-state index contributed by atoms with van der Waals surface area (Å²) in [6, 6.07) is 11.1. The summed E-state index contributed by atoms with van der Waals surface area (Å²) in [7, 11) is 0. The number of anilines is 1. The van der Waals surface area contributed by atoms with Crippen LogP contribution in [0.2, 0.25) is 0 Å². The molecule has 1 aliphatic heterocycles. The highest BCUT2D eigenvalue weighted by Crippen LogP contribution is 2.27. The van der Waals surface area contributed by atoms with Crippen LogP contribution in [0.5, 0.6) is 0 Å². The highest BCUT2D eigenvalue weighted by molar-refractivity contribution is 5.96. The van der Waals surface area contributed by atoms with Gasteiger partial charge in [0.25, 0.3) is 5.91 Å². The van der Waals surface area contributed by atoms with Crippen LogP contribution >= 0.6 is 0 Å². The van der Waals surface area contributed by atoms with Gasteiger partial charge in [-0.05, 0) is 37.1 Å². The van der Waals surface area contributed by atoms with Crippen molar-refractivity contribution in [2.45, 2.75) is 18.9 Å². The number of hydrogen-bond donors (Lipinski definition) is 1. The number of nitrogens with one attached hydrogen (secondary N) is 1. The number of aromatic nitrogens is 3. The van der Waals surface area contributed by atoms with E-state index in [0.717, 1.165) is 35.1 Å².